The Hall–Kier alpha value is -2.67. The summed E-state index contributed by atoms with van der Waals surface area (Å²) in [5.41, 5.74) is 1.10. The normalized spacial score (nSPS) is 18.5. The van der Waals surface area contributed by atoms with Crippen molar-refractivity contribution in [3.8, 4) is 0 Å². The largest absolute Gasteiger partial charge is 0.468 e. The number of hydrogen-bond donors (Lipinski definition) is 1. The summed E-state index contributed by atoms with van der Waals surface area (Å²) in [4.78, 5) is 19.1. The lowest BCUT2D eigenvalue weighted by molar-refractivity contribution is 0.0929. The smallest absolute Gasteiger partial charge is 0.256 e. The number of piperidine rings is 1. The van der Waals surface area contributed by atoms with E-state index in [4.69, 9.17) is 4.42 Å². The van der Waals surface area contributed by atoms with Crippen LogP contribution < -0.4 is 5.32 Å². The van der Waals surface area contributed by atoms with Gasteiger partial charge in [-0.2, -0.15) is 5.10 Å². The van der Waals surface area contributed by atoms with Crippen molar-refractivity contribution >= 4 is 11.6 Å². The highest BCUT2D eigenvalue weighted by atomic mass is 16.3. The lowest BCUT2D eigenvalue weighted by Gasteiger charge is -2.32. The second-order valence-corrected chi connectivity index (χ2v) is 6.48. The number of rotatable bonds is 5. The van der Waals surface area contributed by atoms with Gasteiger partial charge >= 0.3 is 0 Å². The minimum absolute atomic E-state index is 0.114. The van der Waals surface area contributed by atoms with Crippen molar-refractivity contribution in [1.82, 2.24) is 24.8 Å². The molecule has 3 aromatic heterocycles. The number of likely N-dealkylation sites (tertiary alicyclic amines) is 1. The molecule has 7 nitrogen and oxygen atoms in total. The maximum atomic E-state index is 12.5. The van der Waals surface area contributed by atoms with Crippen LogP contribution >= 0.6 is 0 Å². The number of furan rings is 1. The maximum Gasteiger partial charge on any atom is 0.256 e. The molecule has 3 aromatic rings. The van der Waals surface area contributed by atoms with E-state index in [0.717, 1.165) is 38.2 Å². The van der Waals surface area contributed by atoms with Gasteiger partial charge in [0.1, 0.15) is 11.3 Å². The first-order valence-corrected chi connectivity index (χ1v) is 8.61. The molecule has 1 atom stereocenters. The van der Waals surface area contributed by atoms with Crippen molar-refractivity contribution in [2.45, 2.75) is 19.4 Å². The number of amides is 1. The highest BCUT2D eigenvalue weighted by Gasteiger charge is 2.22. The van der Waals surface area contributed by atoms with Crippen molar-refractivity contribution in [3.05, 3.63) is 54.4 Å². The first-order chi connectivity index (χ1) is 12.3. The lowest BCUT2D eigenvalue weighted by Crippen LogP contribution is -2.40. The van der Waals surface area contributed by atoms with Gasteiger partial charge < -0.3 is 9.73 Å². The molecule has 1 fully saturated rings. The summed E-state index contributed by atoms with van der Waals surface area (Å²) in [5, 5.41) is 7.21. The van der Waals surface area contributed by atoms with Crippen LogP contribution in [0.3, 0.4) is 0 Å². The maximum absolute atomic E-state index is 12.5. The van der Waals surface area contributed by atoms with E-state index in [9.17, 15) is 4.79 Å². The van der Waals surface area contributed by atoms with Crippen molar-refractivity contribution < 1.29 is 9.21 Å². The van der Waals surface area contributed by atoms with E-state index >= 15 is 0 Å². The molecule has 25 heavy (non-hydrogen) atoms. The number of carbonyl (C=O) groups excluding carboxylic acids is 1. The minimum Gasteiger partial charge on any atom is -0.468 e. The molecule has 130 valence electrons. The van der Waals surface area contributed by atoms with E-state index in [1.807, 2.05) is 12.1 Å². The summed E-state index contributed by atoms with van der Waals surface area (Å²) >= 11 is 0. The quantitative estimate of drug-likeness (QED) is 0.769. The van der Waals surface area contributed by atoms with Crippen LogP contribution in [-0.4, -0.2) is 45.0 Å². The minimum atomic E-state index is -0.114. The lowest BCUT2D eigenvalue weighted by atomic mass is 9.98. The molecule has 7 heteroatoms. The van der Waals surface area contributed by atoms with E-state index in [2.05, 4.69) is 20.3 Å². The number of carbonyl (C=O) groups is 1. The highest BCUT2D eigenvalue weighted by molar-refractivity contribution is 5.99. The van der Waals surface area contributed by atoms with Crippen LogP contribution in [0.5, 0.6) is 0 Å². The molecule has 4 rings (SSSR count). The van der Waals surface area contributed by atoms with E-state index in [-0.39, 0.29) is 5.91 Å². The van der Waals surface area contributed by atoms with Crippen LogP contribution in [0.2, 0.25) is 0 Å². The fourth-order valence-corrected chi connectivity index (χ4v) is 3.40. The summed E-state index contributed by atoms with van der Waals surface area (Å²) in [7, 11) is 0. The first-order valence-electron chi connectivity index (χ1n) is 8.61. The molecule has 1 saturated heterocycles. The second kappa shape index (κ2) is 7.06. The summed E-state index contributed by atoms with van der Waals surface area (Å²) < 4.78 is 7.04. The molecule has 1 N–H and O–H groups in total. The Morgan fingerprint density at radius 2 is 2.36 bits per heavy atom. The zero-order chi connectivity index (χ0) is 17.1. The van der Waals surface area contributed by atoms with Crippen LogP contribution in [0.25, 0.3) is 5.65 Å². The second-order valence-electron chi connectivity index (χ2n) is 6.48. The molecule has 0 bridgehead atoms. The zero-order valence-corrected chi connectivity index (χ0v) is 14.0. The van der Waals surface area contributed by atoms with E-state index in [1.165, 1.54) is 0 Å². The van der Waals surface area contributed by atoms with Gasteiger partial charge in [0.2, 0.25) is 0 Å². The van der Waals surface area contributed by atoms with Gasteiger partial charge in [0.05, 0.1) is 19.0 Å². The van der Waals surface area contributed by atoms with Crippen LogP contribution in [0, 0.1) is 5.92 Å². The topological polar surface area (TPSA) is 75.7 Å². The molecule has 1 amide bonds. The summed E-state index contributed by atoms with van der Waals surface area (Å²) in [6, 6.07) is 5.71. The Labute approximate surface area is 145 Å². The first kappa shape index (κ1) is 15.8. The SMILES string of the molecule is O=C(NC[C@H]1CCCN(Cc2ccco2)C1)c1cnn2cccnc12. The predicted molar refractivity (Wildman–Crippen MR) is 92.0 cm³/mol. The summed E-state index contributed by atoms with van der Waals surface area (Å²) in [6.07, 6.45) is 9.00. The average Bonchev–Trinajstić information content (AvgIpc) is 3.29. The van der Waals surface area contributed by atoms with Crippen molar-refractivity contribution in [2.75, 3.05) is 19.6 Å². The molecule has 0 spiro atoms. The third-order valence-electron chi connectivity index (χ3n) is 4.64. The van der Waals surface area contributed by atoms with Crippen molar-refractivity contribution in [3.63, 3.8) is 0 Å². The van der Waals surface area contributed by atoms with Gasteiger partial charge in [0.15, 0.2) is 5.65 Å². The van der Waals surface area contributed by atoms with Gasteiger partial charge in [0.25, 0.3) is 5.91 Å². The van der Waals surface area contributed by atoms with Gasteiger partial charge in [-0.1, -0.05) is 0 Å². The fourth-order valence-electron chi connectivity index (χ4n) is 3.40. The van der Waals surface area contributed by atoms with Gasteiger partial charge in [0, 0.05) is 25.5 Å². The molecular formula is C18H21N5O2. The molecular weight excluding hydrogens is 318 g/mol. The van der Waals surface area contributed by atoms with Crippen LogP contribution in [0.15, 0.2) is 47.5 Å². The number of hydrogen-bond acceptors (Lipinski definition) is 5. The number of nitrogens with zero attached hydrogens (tertiary/aromatic N) is 4. The molecule has 0 saturated carbocycles. The van der Waals surface area contributed by atoms with Crippen molar-refractivity contribution in [2.24, 2.45) is 5.92 Å². The summed E-state index contributed by atoms with van der Waals surface area (Å²) in [5.74, 6) is 1.32. The number of fused-ring (bicyclic) bond motifs is 1. The predicted octanol–water partition coefficient (Wildman–Crippen LogP) is 1.96. The highest BCUT2D eigenvalue weighted by Crippen LogP contribution is 2.18. The van der Waals surface area contributed by atoms with Gasteiger partial charge in [-0.3, -0.25) is 9.69 Å². The van der Waals surface area contributed by atoms with E-state index in [0.29, 0.717) is 23.7 Å². The zero-order valence-electron chi connectivity index (χ0n) is 14.0. The van der Waals surface area contributed by atoms with Crippen LogP contribution in [-0.2, 0) is 6.54 Å². The Morgan fingerprint density at radius 3 is 3.24 bits per heavy atom. The Balaban J connectivity index is 1.33. The molecule has 0 unspecified atom stereocenters. The summed E-state index contributed by atoms with van der Waals surface area (Å²) in [6.45, 7) is 3.53. The van der Waals surface area contributed by atoms with Gasteiger partial charge in [-0.15, -0.1) is 0 Å². The Kier molecular flexibility index (Phi) is 4.47. The molecule has 0 aromatic carbocycles. The Morgan fingerprint density at radius 1 is 1.40 bits per heavy atom. The van der Waals surface area contributed by atoms with E-state index in [1.54, 1.807) is 35.4 Å². The van der Waals surface area contributed by atoms with Crippen molar-refractivity contribution in [1.29, 1.82) is 0 Å². The fraction of sp³-hybridized carbons (Fsp3) is 0.389. The monoisotopic (exact) mass is 339 g/mol. The molecule has 4 heterocycles. The Bertz CT molecular complexity index is 842. The van der Waals surface area contributed by atoms with E-state index < -0.39 is 0 Å². The molecule has 0 radical (unpaired) electrons. The molecule has 1 aliphatic heterocycles. The average molecular weight is 339 g/mol. The molecule has 0 aliphatic carbocycles. The van der Waals surface area contributed by atoms with Gasteiger partial charge in [-0.05, 0) is 43.5 Å². The standard InChI is InChI=1S/C18H21N5O2/c24-18(16-11-21-23-8-3-6-19-17(16)23)20-10-14-4-1-7-22(12-14)13-15-5-2-9-25-15/h2-3,5-6,8-9,11,14H,1,4,7,10,12-13H2,(H,20,24)/t14-/m1/s1. The van der Waals surface area contributed by atoms with Crippen LogP contribution in [0.1, 0.15) is 29.0 Å². The van der Waals surface area contributed by atoms with Crippen LogP contribution in [0.4, 0.5) is 0 Å². The third kappa shape index (κ3) is 3.56. The number of nitrogens with one attached hydrogen (secondary N) is 1. The number of aromatic nitrogens is 3. The molecule has 1 aliphatic rings. The third-order valence-corrected chi connectivity index (χ3v) is 4.64. The van der Waals surface area contributed by atoms with Gasteiger partial charge in [-0.25, -0.2) is 9.50 Å².